The SMILES string of the molecule is c1nc(OC2CC2)cc(OC2CC2)n1. The van der Waals surface area contributed by atoms with Gasteiger partial charge in [0.15, 0.2) is 0 Å². The van der Waals surface area contributed by atoms with Gasteiger partial charge in [-0.05, 0) is 25.7 Å². The van der Waals surface area contributed by atoms with Crippen molar-refractivity contribution in [3.63, 3.8) is 0 Å². The van der Waals surface area contributed by atoms with Crippen LogP contribution in [-0.4, -0.2) is 22.2 Å². The van der Waals surface area contributed by atoms with Crippen LogP contribution in [0.3, 0.4) is 0 Å². The summed E-state index contributed by atoms with van der Waals surface area (Å²) in [4.78, 5) is 8.07. The van der Waals surface area contributed by atoms with E-state index in [1.165, 1.54) is 6.33 Å². The van der Waals surface area contributed by atoms with Crippen molar-refractivity contribution in [2.45, 2.75) is 37.9 Å². The summed E-state index contributed by atoms with van der Waals surface area (Å²) >= 11 is 0. The van der Waals surface area contributed by atoms with Crippen molar-refractivity contribution in [1.82, 2.24) is 9.97 Å². The average molecular weight is 192 g/mol. The summed E-state index contributed by atoms with van der Waals surface area (Å²) in [6, 6.07) is 1.77. The lowest BCUT2D eigenvalue weighted by Crippen LogP contribution is -2.02. The standard InChI is InChI=1S/C10H12N2O2/c1-2-7(1)13-9-5-10(12-6-11-9)14-8-3-4-8/h5-8H,1-4H2. The fourth-order valence-electron chi connectivity index (χ4n) is 1.17. The van der Waals surface area contributed by atoms with Crippen LogP contribution in [0.4, 0.5) is 0 Å². The molecule has 1 heterocycles. The molecule has 0 N–H and O–H groups in total. The van der Waals surface area contributed by atoms with E-state index < -0.39 is 0 Å². The smallest absolute Gasteiger partial charge is 0.220 e. The highest BCUT2D eigenvalue weighted by Crippen LogP contribution is 2.29. The van der Waals surface area contributed by atoms with Gasteiger partial charge in [-0.2, -0.15) is 0 Å². The Morgan fingerprint density at radius 2 is 1.43 bits per heavy atom. The number of aromatic nitrogens is 2. The number of ether oxygens (including phenoxy) is 2. The minimum atomic E-state index is 0.374. The lowest BCUT2D eigenvalue weighted by atomic mass is 10.6. The first-order chi connectivity index (χ1) is 6.90. The molecule has 0 radical (unpaired) electrons. The van der Waals surface area contributed by atoms with Crippen LogP contribution in [0, 0.1) is 0 Å². The van der Waals surface area contributed by atoms with Crippen LogP contribution in [0.1, 0.15) is 25.7 Å². The topological polar surface area (TPSA) is 44.2 Å². The molecule has 0 bridgehead atoms. The van der Waals surface area contributed by atoms with Gasteiger partial charge in [0.25, 0.3) is 0 Å². The molecule has 0 atom stereocenters. The largest absolute Gasteiger partial charge is 0.474 e. The fourth-order valence-corrected chi connectivity index (χ4v) is 1.17. The van der Waals surface area contributed by atoms with Gasteiger partial charge < -0.3 is 9.47 Å². The molecule has 2 aliphatic carbocycles. The molecular weight excluding hydrogens is 180 g/mol. The Morgan fingerprint density at radius 3 is 1.86 bits per heavy atom. The first-order valence-corrected chi connectivity index (χ1v) is 5.05. The van der Waals surface area contributed by atoms with Crippen molar-refractivity contribution in [2.24, 2.45) is 0 Å². The predicted octanol–water partition coefficient (Wildman–Crippen LogP) is 1.56. The molecule has 1 aromatic rings. The molecule has 0 amide bonds. The maximum Gasteiger partial charge on any atom is 0.220 e. The second-order valence-electron chi connectivity index (χ2n) is 3.83. The highest BCUT2D eigenvalue weighted by molar-refractivity contribution is 5.19. The summed E-state index contributed by atoms with van der Waals surface area (Å²) in [5.74, 6) is 1.27. The third-order valence-corrected chi connectivity index (χ3v) is 2.24. The molecule has 4 heteroatoms. The van der Waals surface area contributed by atoms with E-state index in [2.05, 4.69) is 9.97 Å². The molecule has 2 fully saturated rings. The molecule has 1 aromatic heterocycles. The third-order valence-electron chi connectivity index (χ3n) is 2.24. The van der Waals surface area contributed by atoms with Crippen LogP contribution in [-0.2, 0) is 0 Å². The summed E-state index contributed by atoms with van der Waals surface area (Å²) in [6.45, 7) is 0. The number of nitrogens with zero attached hydrogens (tertiary/aromatic N) is 2. The van der Waals surface area contributed by atoms with Crippen molar-refractivity contribution in [2.75, 3.05) is 0 Å². The van der Waals surface area contributed by atoms with Gasteiger partial charge in [0, 0.05) is 0 Å². The average Bonchev–Trinajstić information content (AvgIpc) is 3.00. The summed E-state index contributed by atoms with van der Waals surface area (Å²) < 4.78 is 11.1. The van der Waals surface area contributed by atoms with Crippen molar-refractivity contribution in [3.8, 4) is 11.8 Å². The van der Waals surface area contributed by atoms with Crippen LogP contribution >= 0.6 is 0 Å². The maximum absolute atomic E-state index is 5.54. The summed E-state index contributed by atoms with van der Waals surface area (Å²) in [7, 11) is 0. The van der Waals surface area contributed by atoms with Gasteiger partial charge in [-0.15, -0.1) is 0 Å². The zero-order valence-corrected chi connectivity index (χ0v) is 7.85. The van der Waals surface area contributed by atoms with Gasteiger partial charge in [-0.3, -0.25) is 0 Å². The first-order valence-electron chi connectivity index (χ1n) is 5.05. The van der Waals surface area contributed by atoms with E-state index in [0.717, 1.165) is 25.7 Å². The molecule has 0 unspecified atom stereocenters. The van der Waals surface area contributed by atoms with Crippen molar-refractivity contribution in [1.29, 1.82) is 0 Å². The molecule has 0 spiro atoms. The summed E-state index contributed by atoms with van der Waals surface area (Å²) in [5.41, 5.74) is 0. The predicted molar refractivity (Wildman–Crippen MR) is 49.3 cm³/mol. The van der Waals surface area contributed by atoms with Gasteiger partial charge in [0.1, 0.15) is 18.5 Å². The van der Waals surface area contributed by atoms with E-state index in [0.29, 0.717) is 24.0 Å². The quantitative estimate of drug-likeness (QED) is 0.726. The second kappa shape index (κ2) is 3.12. The second-order valence-corrected chi connectivity index (χ2v) is 3.83. The molecule has 0 aliphatic heterocycles. The van der Waals surface area contributed by atoms with Crippen LogP contribution < -0.4 is 9.47 Å². The van der Waals surface area contributed by atoms with Gasteiger partial charge in [0.2, 0.25) is 11.8 Å². The molecule has 0 aromatic carbocycles. The van der Waals surface area contributed by atoms with Crippen molar-refractivity contribution >= 4 is 0 Å². The van der Waals surface area contributed by atoms with E-state index in [9.17, 15) is 0 Å². The fraction of sp³-hybridized carbons (Fsp3) is 0.600. The summed E-state index contributed by atoms with van der Waals surface area (Å²) in [6.07, 6.45) is 6.81. The molecule has 14 heavy (non-hydrogen) atoms. The van der Waals surface area contributed by atoms with Crippen LogP contribution in [0.2, 0.25) is 0 Å². The van der Waals surface area contributed by atoms with E-state index in [1.54, 1.807) is 6.07 Å². The molecule has 3 rings (SSSR count). The van der Waals surface area contributed by atoms with Gasteiger partial charge in [0.05, 0.1) is 6.07 Å². The molecule has 2 saturated carbocycles. The zero-order valence-electron chi connectivity index (χ0n) is 7.85. The number of rotatable bonds is 4. The highest BCUT2D eigenvalue weighted by atomic mass is 16.5. The monoisotopic (exact) mass is 192 g/mol. The van der Waals surface area contributed by atoms with E-state index in [1.807, 2.05) is 0 Å². The zero-order chi connectivity index (χ0) is 9.38. The highest BCUT2D eigenvalue weighted by Gasteiger charge is 2.26. The Hall–Kier alpha value is -1.32. The Labute approximate surface area is 82.3 Å². The lowest BCUT2D eigenvalue weighted by Gasteiger charge is -2.05. The Bertz CT molecular complexity index is 305. The van der Waals surface area contributed by atoms with Gasteiger partial charge >= 0.3 is 0 Å². The van der Waals surface area contributed by atoms with Crippen LogP contribution in [0.15, 0.2) is 12.4 Å². The van der Waals surface area contributed by atoms with E-state index in [4.69, 9.17) is 9.47 Å². The number of hydrogen-bond acceptors (Lipinski definition) is 4. The molecule has 4 nitrogen and oxygen atoms in total. The van der Waals surface area contributed by atoms with Crippen molar-refractivity contribution < 1.29 is 9.47 Å². The van der Waals surface area contributed by atoms with Crippen LogP contribution in [0.25, 0.3) is 0 Å². The van der Waals surface area contributed by atoms with Crippen molar-refractivity contribution in [3.05, 3.63) is 12.4 Å². The van der Waals surface area contributed by atoms with Gasteiger partial charge in [-0.25, -0.2) is 9.97 Å². The molecular formula is C10H12N2O2. The van der Waals surface area contributed by atoms with E-state index >= 15 is 0 Å². The number of hydrogen-bond donors (Lipinski definition) is 0. The normalized spacial score (nSPS) is 20.6. The maximum atomic E-state index is 5.54. The Morgan fingerprint density at radius 1 is 0.929 bits per heavy atom. The first kappa shape index (κ1) is 8.03. The summed E-state index contributed by atoms with van der Waals surface area (Å²) in [5, 5.41) is 0. The molecule has 74 valence electrons. The molecule has 2 aliphatic rings. The minimum absolute atomic E-state index is 0.374. The van der Waals surface area contributed by atoms with E-state index in [-0.39, 0.29) is 0 Å². The Balaban J connectivity index is 1.68. The van der Waals surface area contributed by atoms with Gasteiger partial charge in [-0.1, -0.05) is 0 Å². The Kier molecular flexibility index (Phi) is 1.79. The lowest BCUT2D eigenvalue weighted by molar-refractivity contribution is 0.271. The minimum Gasteiger partial charge on any atom is -0.474 e. The third kappa shape index (κ3) is 1.95. The molecule has 0 saturated heterocycles. The van der Waals surface area contributed by atoms with Crippen LogP contribution in [0.5, 0.6) is 11.8 Å².